The van der Waals surface area contributed by atoms with E-state index in [0.29, 0.717) is 11.3 Å². The van der Waals surface area contributed by atoms with Gasteiger partial charge in [-0.25, -0.2) is 5.53 Å². The van der Waals surface area contributed by atoms with Gasteiger partial charge in [-0.05, 0) is 47.5 Å². The number of hydrogen-bond acceptors (Lipinski definition) is 10. The second kappa shape index (κ2) is 9.69. The smallest absolute Gasteiger partial charge is 0.342 e. The Bertz CT molecular complexity index is 1750. The number of rotatable bonds is 8. The van der Waals surface area contributed by atoms with Crippen molar-refractivity contribution in [2.24, 2.45) is 5.11 Å². The summed E-state index contributed by atoms with van der Waals surface area (Å²) in [6.45, 7) is 0. The third kappa shape index (κ3) is 4.91. The fourth-order valence-electron chi connectivity index (χ4n) is 3.78. The van der Waals surface area contributed by atoms with Crippen molar-refractivity contribution in [1.29, 1.82) is 5.53 Å². The van der Waals surface area contributed by atoms with Gasteiger partial charge < -0.3 is 18.8 Å². The predicted molar refractivity (Wildman–Crippen MR) is 133 cm³/mol. The highest BCUT2D eigenvalue weighted by Crippen LogP contribution is 2.43. The molecule has 0 amide bonds. The number of nitrogens with zero attached hydrogens (tertiary/aromatic N) is 1. The lowest BCUT2D eigenvalue weighted by Crippen LogP contribution is -2.13. The molecule has 0 heterocycles. The van der Waals surface area contributed by atoms with Crippen molar-refractivity contribution in [2.75, 3.05) is 14.2 Å². The quantitative estimate of drug-likeness (QED) is 0.158. The first-order valence-electron chi connectivity index (χ1n) is 10.4. The molecule has 0 aromatic heterocycles. The Balaban J connectivity index is 1.89. The summed E-state index contributed by atoms with van der Waals surface area (Å²) in [5.41, 5.74) is 7.99. The number of methoxy groups -OCH3 is 2. The summed E-state index contributed by atoms with van der Waals surface area (Å²) in [6, 6.07) is 16.2. The van der Waals surface area contributed by atoms with E-state index in [0.717, 1.165) is 11.6 Å². The second-order valence-electron chi connectivity index (χ2n) is 7.65. The van der Waals surface area contributed by atoms with Gasteiger partial charge >= 0.3 is 10.1 Å². The summed E-state index contributed by atoms with van der Waals surface area (Å²) >= 11 is 0. The third-order valence-corrected chi connectivity index (χ3v) is 7.64. The van der Waals surface area contributed by atoms with E-state index < -0.39 is 41.5 Å². The lowest BCUT2D eigenvalue weighted by Gasteiger charge is -2.16. The van der Waals surface area contributed by atoms with Crippen LogP contribution < -0.4 is 13.7 Å². The largest absolute Gasteiger partial charge is 0.507 e. The lowest BCUT2D eigenvalue weighted by molar-refractivity contribution is 0.391. The van der Waals surface area contributed by atoms with Gasteiger partial charge in [0.05, 0.1) is 14.2 Å². The van der Waals surface area contributed by atoms with Crippen LogP contribution >= 0.6 is 0 Å². The fourth-order valence-corrected chi connectivity index (χ4v) is 5.80. The molecule has 37 heavy (non-hydrogen) atoms. The number of nitrogens with one attached hydrogen (secondary N) is 1. The Morgan fingerprint density at radius 2 is 1.51 bits per heavy atom. The van der Waals surface area contributed by atoms with Crippen LogP contribution in [0.5, 0.6) is 23.0 Å². The van der Waals surface area contributed by atoms with Crippen LogP contribution in [-0.2, 0) is 20.2 Å². The van der Waals surface area contributed by atoms with Gasteiger partial charge in [-0.15, -0.1) is 0 Å². The normalized spacial score (nSPS) is 11.8. The molecule has 0 bridgehead atoms. The van der Waals surface area contributed by atoms with E-state index in [-0.39, 0.29) is 22.3 Å². The lowest BCUT2D eigenvalue weighted by atomic mass is 10.0. The summed E-state index contributed by atoms with van der Waals surface area (Å²) in [5, 5.41) is 12.9. The van der Waals surface area contributed by atoms with E-state index in [1.807, 2.05) is 6.07 Å². The van der Waals surface area contributed by atoms with Crippen LogP contribution in [0.1, 0.15) is 0 Å². The molecule has 0 atom stereocenters. The van der Waals surface area contributed by atoms with Crippen molar-refractivity contribution >= 4 is 36.7 Å². The SMILES string of the molecule is COc1cccc(-c2ccc(OS(=O)(=O)c3c(N=N)c(S(=O)(=O)O)cc4c(O)cccc34)c(OC)c2)c1. The Hall–Kier alpha value is -4.20. The molecule has 0 aliphatic rings. The number of phenols is 1. The minimum absolute atomic E-state index is 0.0337. The highest BCUT2D eigenvalue weighted by atomic mass is 32.2. The number of hydrogen-bond donors (Lipinski definition) is 3. The molecule has 0 fully saturated rings. The molecule has 0 aliphatic carbocycles. The van der Waals surface area contributed by atoms with Crippen LogP contribution in [0.15, 0.2) is 81.6 Å². The van der Waals surface area contributed by atoms with E-state index in [1.165, 1.54) is 44.6 Å². The Labute approximate surface area is 212 Å². The van der Waals surface area contributed by atoms with E-state index >= 15 is 0 Å². The summed E-state index contributed by atoms with van der Waals surface area (Å²) in [4.78, 5) is -1.82. The van der Waals surface area contributed by atoms with Gasteiger partial charge in [0.1, 0.15) is 27.0 Å². The molecular formula is C24H20N2O9S2. The van der Waals surface area contributed by atoms with Gasteiger partial charge in [-0.3, -0.25) is 4.55 Å². The zero-order valence-electron chi connectivity index (χ0n) is 19.4. The molecule has 3 N–H and O–H groups in total. The van der Waals surface area contributed by atoms with Crippen LogP contribution in [0.2, 0.25) is 0 Å². The van der Waals surface area contributed by atoms with Crippen molar-refractivity contribution in [3.63, 3.8) is 0 Å². The third-order valence-electron chi connectivity index (χ3n) is 5.46. The molecule has 4 rings (SSSR count). The van der Waals surface area contributed by atoms with Crippen molar-refractivity contribution in [3.8, 4) is 34.1 Å². The average molecular weight is 545 g/mol. The van der Waals surface area contributed by atoms with E-state index in [2.05, 4.69) is 5.11 Å². The van der Waals surface area contributed by atoms with Crippen molar-refractivity contribution in [2.45, 2.75) is 9.79 Å². The molecule has 4 aromatic carbocycles. The molecular weight excluding hydrogens is 524 g/mol. The van der Waals surface area contributed by atoms with Crippen molar-refractivity contribution in [1.82, 2.24) is 0 Å². The number of ether oxygens (including phenoxy) is 2. The van der Waals surface area contributed by atoms with Gasteiger partial charge in [0.25, 0.3) is 10.1 Å². The van der Waals surface area contributed by atoms with E-state index in [1.54, 1.807) is 24.3 Å². The molecule has 0 radical (unpaired) electrons. The summed E-state index contributed by atoms with van der Waals surface area (Å²) < 4.78 is 76.5. The maximum Gasteiger partial charge on any atom is 0.342 e. The second-order valence-corrected chi connectivity index (χ2v) is 10.5. The summed E-state index contributed by atoms with van der Waals surface area (Å²) in [5.74, 6) is -0.0579. The molecule has 192 valence electrons. The number of fused-ring (bicyclic) bond motifs is 1. The molecule has 4 aromatic rings. The van der Waals surface area contributed by atoms with E-state index in [4.69, 9.17) is 19.2 Å². The van der Waals surface area contributed by atoms with Crippen LogP contribution in [0, 0.1) is 5.53 Å². The highest BCUT2D eigenvalue weighted by Gasteiger charge is 2.32. The van der Waals surface area contributed by atoms with Crippen molar-refractivity contribution in [3.05, 3.63) is 66.7 Å². The highest BCUT2D eigenvalue weighted by molar-refractivity contribution is 7.88. The molecule has 0 saturated heterocycles. The maximum absolute atomic E-state index is 13.5. The monoisotopic (exact) mass is 544 g/mol. The van der Waals surface area contributed by atoms with Crippen LogP contribution in [0.3, 0.4) is 0 Å². The Morgan fingerprint density at radius 1 is 0.811 bits per heavy atom. The Kier molecular flexibility index (Phi) is 6.78. The first-order chi connectivity index (χ1) is 17.5. The molecule has 11 nitrogen and oxygen atoms in total. The van der Waals surface area contributed by atoms with Gasteiger partial charge in [-0.1, -0.05) is 30.3 Å². The number of benzene rings is 4. The van der Waals surface area contributed by atoms with Gasteiger partial charge in [0.15, 0.2) is 11.5 Å². The van der Waals surface area contributed by atoms with Crippen LogP contribution in [-0.4, -0.2) is 40.7 Å². The van der Waals surface area contributed by atoms with Crippen molar-refractivity contribution < 1.29 is 40.2 Å². The zero-order chi connectivity index (χ0) is 27.0. The standard InChI is InChI=1S/C24H20N2O9S2/c1-33-16-6-3-5-14(11-16)15-9-10-20(21(12-15)34-2)35-37(31,32)24-17-7-4-8-19(27)18(17)13-22(23(24)26-25)36(28,29)30/h3-13,25,27H,1-2H3,(H,28,29,30). The Morgan fingerprint density at radius 3 is 2.16 bits per heavy atom. The van der Waals surface area contributed by atoms with Gasteiger partial charge in [0.2, 0.25) is 0 Å². The minimum Gasteiger partial charge on any atom is -0.507 e. The first-order valence-corrected chi connectivity index (χ1v) is 13.3. The molecule has 0 unspecified atom stereocenters. The van der Waals surface area contributed by atoms with Gasteiger partial charge in [0, 0.05) is 10.8 Å². The number of aromatic hydroxyl groups is 1. The topological polar surface area (TPSA) is 173 Å². The van der Waals surface area contributed by atoms with Crippen LogP contribution in [0.25, 0.3) is 21.9 Å². The average Bonchev–Trinajstić information content (AvgIpc) is 2.87. The molecule has 0 spiro atoms. The van der Waals surface area contributed by atoms with E-state index in [9.17, 15) is 26.5 Å². The maximum atomic E-state index is 13.5. The predicted octanol–water partition coefficient (Wildman–Crippen LogP) is 4.91. The minimum atomic E-state index is -5.04. The first kappa shape index (κ1) is 25.9. The molecule has 0 aliphatic heterocycles. The fraction of sp³-hybridized carbons (Fsp3) is 0.0833. The molecule has 13 heteroatoms. The number of phenolic OH excluding ortho intramolecular Hbond substituents is 1. The summed E-state index contributed by atoms with van der Waals surface area (Å²) in [7, 11) is -7.11. The molecule has 0 saturated carbocycles. The zero-order valence-corrected chi connectivity index (χ0v) is 21.0. The summed E-state index contributed by atoms with van der Waals surface area (Å²) in [6.07, 6.45) is 0. The van der Waals surface area contributed by atoms with Crippen LogP contribution in [0.4, 0.5) is 5.69 Å². The van der Waals surface area contributed by atoms with Gasteiger partial charge in [-0.2, -0.15) is 21.9 Å².